The number of aromatic nitrogens is 1. The molecule has 2 heterocycles. The van der Waals surface area contributed by atoms with Gasteiger partial charge in [0.25, 0.3) is 5.91 Å². The Labute approximate surface area is 124 Å². The molecule has 0 radical (unpaired) electrons. The standard InChI is InChI=1S/C15H23N3O3/c1-9(2)13-11(5-4-6-21-13)15(20)17-10-7-12(14(16)19)18(3)8-10/h7-9,11,13H,4-6H2,1-3H3,(H2,16,19)(H,17,20)/t11-,13-/m1/s1. The molecule has 6 nitrogen and oxygen atoms in total. The van der Waals surface area contributed by atoms with E-state index in [2.05, 4.69) is 19.2 Å². The lowest BCUT2D eigenvalue weighted by Gasteiger charge is -2.33. The van der Waals surface area contributed by atoms with Crippen molar-refractivity contribution in [3.8, 4) is 0 Å². The maximum absolute atomic E-state index is 12.5. The van der Waals surface area contributed by atoms with Crippen LogP contribution in [0.25, 0.3) is 0 Å². The molecule has 3 N–H and O–H groups in total. The molecule has 0 saturated carbocycles. The van der Waals surface area contributed by atoms with Crippen LogP contribution in [0.3, 0.4) is 0 Å². The normalized spacial score (nSPS) is 22.3. The van der Waals surface area contributed by atoms with E-state index in [9.17, 15) is 9.59 Å². The number of nitrogens with two attached hydrogens (primary N) is 1. The quantitative estimate of drug-likeness (QED) is 0.882. The molecule has 6 heteroatoms. The number of carbonyl (C=O) groups is 2. The summed E-state index contributed by atoms with van der Waals surface area (Å²) in [6.45, 7) is 4.83. The number of aryl methyl sites for hydroxylation is 1. The molecule has 2 amide bonds. The minimum atomic E-state index is -0.515. The molecule has 1 aromatic rings. The Bertz CT molecular complexity index is 536. The average Bonchev–Trinajstić information content (AvgIpc) is 2.79. The van der Waals surface area contributed by atoms with Gasteiger partial charge in [0, 0.05) is 19.9 Å². The molecule has 0 bridgehead atoms. The van der Waals surface area contributed by atoms with Crippen LogP contribution in [-0.2, 0) is 16.6 Å². The van der Waals surface area contributed by atoms with E-state index in [0.717, 1.165) is 12.8 Å². The van der Waals surface area contributed by atoms with Crippen molar-refractivity contribution in [2.45, 2.75) is 32.8 Å². The lowest BCUT2D eigenvalue weighted by Crippen LogP contribution is -2.41. The number of anilines is 1. The third-order valence-electron chi connectivity index (χ3n) is 3.89. The zero-order chi connectivity index (χ0) is 15.6. The molecule has 1 fully saturated rings. The van der Waals surface area contributed by atoms with Crippen LogP contribution in [0.15, 0.2) is 12.3 Å². The first-order chi connectivity index (χ1) is 9.90. The topological polar surface area (TPSA) is 86.3 Å². The lowest BCUT2D eigenvalue weighted by atomic mass is 9.87. The van der Waals surface area contributed by atoms with Crippen molar-refractivity contribution < 1.29 is 14.3 Å². The monoisotopic (exact) mass is 293 g/mol. The first-order valence-corrected chi connectivity index (χ1v) is 7.28. The largest absolute Gasteiger partial charge is 0.377 e. The summed E-state index contributed by atoms with van der Waals surface area (Å²) in [5, 5.41) is 2.87. The van der Waals surface area contributed by atoms with Crippen LogP contribution in [-0.4, -0.2) is 29.1 Å². The number of rotatable bonds is 4. The molecule has 2 atom stereocenters. The van der Waals surface area contributed by atoms with Gasteiger partial charge in [-0.1, -0.05) is 13.8 Å². The highest BCUT2D eigenvalue weighted by Crippen LogP contribution is 2.27. The number of hydrogen-bond donors (Lipinski definition) is 2. The number of nitrogens with one attached hydrogen (secondary N) is 1. The molecule has 0 unspecified atom stereocenters. The molecule has 1 aromatic heterocycles. The number of carbonyl (C=O) groups excluding carboxylic acids is 2. The maximum atomic E-state index is 12.5. The Balaban J connectivity index is 2.09. The highest BCUT2D eigenvalue weighted by molar-refractivity contribution is 5.96. The molecule has 1 aliphatic rings. The summed E-state index contributed by atoms with van der Waals surface area (Å²) < 4.78 is 7.34. The molecular weight excluding hydrogens is 270 g/mol. The summed E-state index contributed by atoms with van der Waals surface area (Å²) in [7, 11) is 1.72. The van der Waals surface area contributed by atoms with Crippen LogP contribution >= 0.6 is 0 Å². The fourth-order valence-electron chi connectivity index (χ4n) is 2.85. The fourth-order valence-corrected chi connectivity index (χ4v) is 2.85. The minimum Gasteiger partial charge on any atom is -0.377 e. The van der Waals surface area contributed by atoms with Gasteiger partial charge in [-0.05, 0) is 24.8 Å². The Morgan fingerprint density at radius 1 is 1.48 bits per heavy atom. The zero-order valence-electron chi connectivity index (χ0n) is 12.8. The van der Waals surface area contributed by atoms with Crippen LogP contribution in [0.5, 0.6) is 0 Å². The number of hydrogen-bond acceptors (Lipinski definition) is 3. The first kappa shape index (κ1) is 15.6. The highest BCUT2D eigenvalue weighted by Gasteiger charge is 2.34. The van der Waals surface area contributed by atoms with Crippen molar-refractivity contribution >= 4 is 17.5 Å². The van der Waals surface area contributed by atoms with Gasteiger partial charge in [0.15, 0.2) is 0 Å². The molecule has 2 rings (SSSR count). The average molecular weight is 293 g/mol. The van der Waals surface area contributed by atoms with E-state index in [1.807, 2.05) is 0 Å². The third-order valence-corrected chi connectivity index (χ3v) is 3.89. The summed E-state index contributed by atoms with van der Waals surface area (Å²) in [6.07, 6.45) is 3.34. The number of primary amides is 1. The Morgan fingerprint density at radius 2 is 2.19 bits per heavy atom. The zero-order valence-corrected chi connectivity index (χ0v) is 12.8. The Hall–Kier alpha value is -1.82. The molecule has 21 heavy (non-hydrogen) atoms. The van der Waals surface area contributed by atoms with E-state index in [4.69, 9.17) is 10.5 Å². The first-order valence-electron chi connectivity index (χ1n) is 7.28. The van der Waals surface area contributed by atoms with Crippen molar-refractivity contribution in [3.05, 3.63) is 18.0 Å². The van der Waals surface area contributed by atoms with Gasteiger partial charge in [-0.2, -0.15) is 0 Å². The predicted molar refractivity (Wildman–Crippen MR) is 79.9 cm³/mol. The molecule has 0 aliphatic carbocycles. The van der Waals surface area contributed by atoms with Crippen molar-refractivity contribution in [1.82, 2.24) is 4.57 Å². The number of amides is 2. The number of ether oxygens (including phenoxy) is 1. The van der Waals surface area contributed by atoms with Crippen molar-refractivity contribution in [1.29, 1.82) is 0 Å². The Kier molecular flexibility index (Phi) is 4.67. The second kappa shape index (κ2) is 6.30. The van der Waals surface area contributed by atoms with Gasteiger partial charge in [-0.15, -0.1) is 0 Å². The van der Waals surface area contributed by atoms with Crippen LogP contribution in [0.4, 0.5) is 5.69 Å². The predicted octanol–water partition coefficient (Wildman–Crippen LogP) is 1.51. The fraction of sp³-hybridized carbons (Fsp3) is 0.600. The van der Waals surface area contributed by atoms with Crippen molar-refractivity contribution in [3.63, 3.8) is 0 Å². The summed E-state index contributed by atoms with van der Waals surface area (Å²) in [5.41, 5.74) is 6.22. The summed E-state index contributed by atoms with van der Waals surface area (Å²) in [5.74, 6) is -0.442. The smallest absolute Gasteiger partial charge is 0.265 e. The highest BCUT2D eigenvalue weighted by atomic mass is 16.5. The molecule has 0 spiro atoms. The van der Waals surface area contributed by atoms with E-state index < -0.39 is 5.91 Å². The summed E-state index contributed by atoms with van der Waals surface area (Å²) >= 11 is 0. The van der Waals surface area contributed by atoms with E-state index in [-0.39, 0.29) is 23.8 Å². The second-order valence-electron chi connectivity index (χ2n) is 5.91. The van der Waals surface area contributed by atoms with Gasteiger partial charge in [-0.3, -0.25) is 9.59 Å². The SMILES string of the molecule is CC(C)[C@H]1OCCC[C@H]1C(=O)Nc1cc(C(N)=O)n(C)c1. The Morgan fingerprint density at radius 3 is 2.76 bits per heavy atom. The van der Waals surface area contributed by atoms with E-state index >= 15 is 0 Å². The molecule has 116 valence electrons. The van der Waals surface area contributed by atoms with Crippen molar-refractivity contribution in [2.75, 3.05) is 11.9 Å². The molecule has 1 saturated heterocycles. The van der Waals surface area contributed by atoms with E-state index in [0.29, 0.717) is 18.0 Å². The maximum Gasteiger partial charge on any atom is 0.265 e. The summed E-state index contributed by atoms with van der Waals surface area (Å²) in [4.78, 5) is 23.7. The van der Waals surface area contributed by atoms with Gasteiger partial charge in [0.05, 0.1) is 17.7 Å². The summed E-state index contributed by atoms with van der Waals surface area (Å²) in [6, 6.07) is 1.59. The van der Waals surface area contributed by atoms with E-state index in [1.165, 1.54) is 0 Å². The van der Waals surface area contributed by atoms with Gasteiger partial charge in [0.2, 0.25) is 5.91 Å². The van der Waals surface area contributed by atoms with Gasteiger partial charge in [-0.25, -0.2) is 0 Å². The number of nitrogens with zero attached hydrogens (tertiary/aromatic N) is 1. The van der Waals surface area contributed by atoms with Crippen LogP contribution in [0, 0.1) is 11.8 Å². The van der Waals surface area contributed by atoms with Crippen LogP contribution in [0.2, 0.25) is 0 Å². The second-order valence-corrected chi connectivity index (χ2v) is 5.91. The minimum absolute atomic E-state index is 0.0573. The molecule has 0 aromatic carbocycles. The van der Waals surface area contributed by atoms with Gasteiger partial charge < -0.3 is 20.4 Å². The van der Waals surface area contributed by atoms with Crippen molar-refractivity contribution in [2.24, 2.45) is 24.6 Å². The molecule has 1 aliphatic heterocycles. The third kappa shape index (κ3) is 3.44. The van der Waals surface area contributed by atoms with E-state index in [1.54, 1.807) is 23.9 Å². The molecular formula is C15H23N3O3. The van der Waals surface area contributed by atoms with Gasteiger partial charge in [0.1, 0.15) is 5.69 Å². The lowest BCUT2D eigenvalue weighted by molar-refractivity contribution is -0.131. The van der Waals surface area contributed by atoms with Crippen LogP contribution in [0.1, 0.15) is 37.2 Å². The van der Waals surface area contributed by atoms with Gasteiger partial charge >= 0.3 is 0 Å². The van der Waals surface area contributed by atoms with Crippen LogP contribution < -0.4 is 11.1 Å².